The van der Waals surface area contributed by atoms with Crippen molar-refractivity contribution in [2.75, 3.05) is 18.4 Å². The molecule has 1 atom stereocenters. The first-order chi connectivity index (χ1) is 16.1. The molecule has 1 N–H and O–H groups in total. The summed E-state index contributed by atoms with van der Waals surface area (Å²) in [6.07, 6.45) is 2.59. The van der Waals surface area contributed by atoms with E-state index in [0.29, 0.717) is 17.3 Å². The number of carbonyl (C=O) groups excluding carboxylic acids is 1. The van der Waals surface area contributed by atoms with Crippen molar-refractivity contribution in [2.45, 2.75) is 24.3 Å². The van der Waals surface area contributed by atoms with Crippen LogP contribution in [0.15, 0.2) is 58.0 Å². The summed E-state index contributed by atoms with van der Waals surface area (Å²) in [6.45, 7) is 0.326. The number of amides is 1. The van der Waals surface area contributed by atoms with Crippen LogP contribution < -0.4 is 5.32 Å². The van der Waals surface area contributed by atoms with Crippen molar-refractivity contribution in [1.82, 2.24) is 14.1 Å². The third-order valence-electron chi connectivity index (χ3n) is 5.55. The molecule has 3 aromatic rings. The van der Waals surface area contributed by atoms with Gasteiger partial charge in [-0.1, -0.05) is 17.7 Å². The van der Waals surface area contributed by atoms with Crippen molar-refractivity contribution in [2.24, 2.45) is 5.92 Å². The highest BCUT2D eigenvalue weighted by atomic mass is 79.9. The number of hydrogen-bond donors (Lipinski definition) is 1. The fourth-order valence-corrected chi connectivity index (χ4v) is 5.92. The van der Waals surface area contributed by atoms with E-state index in [2.05, 4.69) is 26.3 Å². The van der Waals surface area contributed by atoms with Gasteiger partial charge in [-0.15, -0.1) is 0 Å². The van der Waals surface area contributed by atoms with E-state index in [9.17, 15) is 22.0 Å². The number of benzene rings is 2. The summed E-state index contributed by atoms with van der Waals surface area (Å²) in [7, 11) is -3.86. The van der Waals surface area contributed by atoms with Crippen LogP contribution in [0.25, 0.3) is 0 Å². The average Bonchev–Trinajstić information content (AvgIpc) is 3.15. The maximum Gasteiger partial charge on any atom is 0.243 e. The molecule has 1 aliphatic rings. The maximum absolute atomic E-state index is 14.1. The zero-order valence-electron chi connectivity index (χ0n) is 17.7. The van der Waals surface area contributed by atoms with Gasteiger partial charge >= 0.3 is 0 Å². The average molecular weight is 574 g/mol. The van der Waals surface area contributed by atoms with Gasteiger partial charge in [-0.05, 0) is 65.2 Å². The van der Waals surface area contributed by atoms with Crippen LogP contribution in [0.1, 0.15) is 18.4 Å². The van der Waals surface area contributed by atoms with Gasteiger partial charge in [0.25, 0.3) is 0 Å². The SMILES string of the molecule is O=C(Nc1nn(Cc2c(F)cccc2Cl)cc1Br)[C@H]1CCCN(S(=O)(=O)c2ccc(F)cc2)C1. The van der Waals surface area contributed by atoms with Gasteiger partial charge in [-0.25, -0.2) is 17.2 Å². The fraction of sp³-hybridized carbons (Fsp3) is 0.273. The molecule has 0 radical (unpaired) electrons. The number of sulfonamides is 1. The number of rotatable bonds is 6. The molecule has 1 aliphatic heterocycles. The highest BCUT2D eigenvalue weighted by Crippen LogP contribution is 2.27. The van der Waals surface area contributed by atoms with Gasteiger partial charge in [0.15, 0.2) is 5.82 Å². The minimum Gasteiger partial charge on any atom is -0.308 e. The molecule has 2 heterocycles. The van der Waals surface area contributed by atoms with Crippen molar-refractivity contribution in [3.8, 4) is 0 Å². The molecule has 180 valence electrons. The first-order valence-corrected chi connectivity index (χ1v) is 13.0. The van der Waals surface area contributed by atoms with Gasteiger partial charge in [-0.2, -0.15) is 9.40 Å². The number of carbonyl (C=O) groups is 1. The molecule has 0 spiro atoms. The normalized spacial score (nSPS) is 17.0. The third kappa shape index (κ3) is 5.32. The second-order valence-corrected chi connectivity index (χ2v) is 11.1. The molecular weight excluding hydrogens is 554 g/mol. The van der Waals surface area contributed by atoms with E-state index in [0.717, 1.165) is 12.1 Å². The Balaban J connectivity index is 1.45. The van der Waals surface area contributed by atoms with Gasteiger partial charge in [0, 0.05) is 29.9 Å². The van der Waals surface area contributed by atoms with Crippen LogP contribution in [0.3, 0.4) is 0 Å². The van der Waals surface area contributed by atoms with Gasteiger partial charge in [0.2, 0.25) is 15.9 Å². The Morgan fingerprint density at radius 3 is 2.65 bits per heavy atom. The molecule has 7 nitrogen and oxygen atoms in total. The van der Waals surface area contributed by atoms with Crippen LogP contribution in [0.2, 0.25) is 5.02 Å². The van der Waals surface area contributed by atoms with E-state index in [1.807, 2.05) is 0 Å². The van der Waals surface area contributed by atoms with Crippen LogP contribution >= 0.6 is 27.5 Å². The Kier molecular flexibility index (Phi) is 7.36. The summed E-state index contributed by atoms with van der Waals surface area (Å²) in [5.74, 6) is -1.74. The van der Waals surface area contributed by atoms with E-state index in [1.165, 1.54) is 33.3 Å². The first-order valence-electron chi connectivity index (χ1n) is 10.4. The first kappa shape index (κ1) is 24.8. The molecule has 1 amide bonds. The summed E-state index contributed by atoms with van der Waals surface area (Å²) >= 11 is 9.42. The number of nitrogens with zero attached hydrogens (tertiary/aromatic N) is 3. The summed E-state index contributed by atoms with van der Waals surface area (Å²) < 4.78 is 56.3. The van der Waals surface area contributed by atoms with Crippen LogP contribution in [-0.2, 0) is 21.4 Å². The lowest BCUT2D eigenvalue weighted by atomic mass is 9.99. The van der Waals surface area contributed by atoms with E-state index in [4.69, 9.17) is 11.6 Å². The quantitative estimate of drug-likeness (QED) is 0.465. The lowest BCUT2D eigenvalue weighted by Crippen LogP contribution is -2.43. The summed E-state index contributed by atoms with van der Waals surface area (Å²) in [5.41, 5.74) is 0.269. The molecule has 0 aliphatic carbocycles. The van der Waals surface area contributed by atoms with Crippen LogP contribution in [0.5, 0.6) is 0 Å². The Morgan fingerprint density at radius 2 is 1.94 bits per heavy atom. The third-order valence-corrected chi connectivity index (χ3v) is 8.36. The highest BCUT2D eigenvalue weighted by Gasteiger charge is 2.33. The monoisotopic (exact) mass is 572 g/mol. The number of hydrogen-bond acceptors (Lipinski definition) is 4. The topological polar surface area (TPSA) is 84.3 Å². The lowest BCUT2D eigenvalue weighted by Gasteiger charge is -2.31. The number of aromatic nitrogens is 2. The maximum atomic E-state index is 14.1. The Bertz CT molecular complexity index is 1300. The van der Waals surface area contributed by atoms with Crippen LogP contribution in [-0.4, -0.2) is 41.5 Å². The molecule has 2 aromatic carbocycles. The zero-order valence-corrected chi connectivity index (χ0v) is 20.9. The molecule has 34 heavy (non-hydrogen) atoms. The van der Waals surface area contributed by atoms with Crippen molar-refractivity contribution >= 4 is 49.3 Å². The van der Waals surface area contributed by atoms with Gasteiger partial charge in [0.05, 0.1) is 21.8 Å². The zero-order chi connectivity index (χ0) is 24.5. The smallest absolute Gasteiger partial charge is 0.243 e. The summed E-state index contributed by atoms with van der Waals surface area (Å²) in [4.78, 5) is 12.9. The molecule has 1 fully saturated rings. The number of halogens is 4. The molecular formula is C22H20BrClF2N4O3S. The number of anilines is 1. The van der Waals surface area contributed by atoms with Crippen LogP contribution in [0, 0.1) is 17.6 Å². The van der Waals surface area contributed by atoms with Gasteiger partial charge in [-0.3, -0.25) is 9.48 Å². The highest BCUT2D eigenvalue weighted by molar-refractivity contribution is 9.10. The Morgan fingerprint density at radius 1 is 1.21 bits per heavy atom. The van der Waals surface area contributed by atoms with E-state index >= 15 is 0 Å². The van der Waals surface area contributed by atoms with E-state index < -0.39 is 27.6 Å². The summed E-state index contributed by atoms with van der Waals surface area (Å²) in [6, 6.07) is 8.98. The van der Waals surface area contributed by atoms with Gasteiger partial charge < -0.3 is 5.32 Å². The predicted octanol–water partition coefficient (Wildman–Crippen LogP) is 4.66. The van der Waals surface area contributed by atoms with E-state index in [1.54, 1.807) is 12.3 Å². The molecule has 12 heteroatoms. The predicted molar refractivity (Wildman–Crippen MR) is 127 cm³/mol. The molecule has 0 saturated carbocycles. The van der Waals surface area contributed by atoms with Gasteiger partial charge in [0.1, 0.15) is 11.6 Å². The minimum absolute atomic E-state index is 0.00525. The summed E-state index contributed by atoms with van der Waals surface area (Å²) in [5, 5.41) is 7.28. The standard InChI is InChI=1S/C22H20BrClF2N4O3S/c23-18-13-29(12-17-19(24)4-1-5-20(17)26)28-21(18)27-22(31)14-3-2-10-30(11-14)34(32,33)16-8-6-15(25)7-9-16/h1,4-9,13-14H,2-3,10-12H2,(H,27,28,31)/t14-/m0/s1. The number of piperidine rings is 1. The van der Waals surface area contributed by atoms with Crippen molar-refractivity contribution in [1.29, 1.82) is 0 Å². The number of nitrogens with one attached hydrogen (secondary N) is 1. The largest absolute Gasteiger partial charge is 0.308 e. The molecule has 1 aromatic heterocycles. The molecule has 0 bridgehead atoms. The Hall–Kier alpha value is -2.34. The molecule has 4 rings (SSSR count). The second-order valence-electron chi connectivity index (χ2n) is 7.87. The minimum atomic E-state index is -3.86. The van der Waals surface area contributed by atoms with Crippen molar-refractivity contribution < 1.29 is 22.0 Å². The lowest BCUT2D eigenvalue weighted by molar-refractivity contribution is -0.120. The van der Waals surface area contributed by atoms with E-state index in [-0.39, 0.29) is 46.8 Å². The fourth-order valence-electron chi connectivity index (χ4n) is 3.76. The second kappa shape index (κ2) is 10.1. The molecule has 1 saturated heterocycles. The van der Waals surface area contributed by atoms with Crippen molar-refractivity contribution in [3.05, 3.63) is 75.4 Å². The van der Waals surface area contributed by atoms with Crippen molar-refractivity contribution in [3.63, 3.8) is 0 Å². The van der Waals surface area contributed by atoms with Crippen LogP contribution in [0.4, 0.5) is 14.6 Å². The molecule has 0 unspecified atom stereocenters. The Labute approximate surface area is 208 Å².